The first kappa shape index (κ1) is 21.7. The molecule has 162 valence electrons. The average Bonchev–Trinajstić information content (AvgIpc) is 3.15. The Balaban J connectivity index is 1.65. The first-order chi connectivity index (χ1) is 14.1. The van der Waals surface area contributed by atoms with Gasteiger partial charge in [0, 0.05) is 0 Å². The lowest BCUT2D eigenvalue weighted by atomic mass is 10.1. The molecule has 0 radical (unpaired) electrons. The molecule has 0 aliphatic carbocycles. The van der Waals surface area contributed by atoms with E-state index in [2.05, 4.69) is 69.3 Å². The maximum absolute atomic E-state index is 10.8. The van der Waals surface area contributed by atoms with Crippen LogP contribution in [-0.4, -0.2) is 50.4 Å². The van der Waals surface area contributed by atoms with E-state index in [-0.39, 0.29) is 11.6 Å². The predicted molar refractivity (Wildman–Crippen MR) is 118 cm³/mol. The molecular weight excluding hydrogens is 396 g/mol. The summed E-state index contributed by atoms with van der Waals surface area (Å²) in [4.78, 5) is 0. The Hall–Kier alpha value is -1.54. The van der Waals surface area contributed by atoms with Gasteiger partial charge in [-0.2, -0.15) is 0 Å². The maximum Gasteiger partial charge on any atom is 0.261 e. The number of aliphatic hydroxyl groups is 1. The number of hydrogen-bond donors (Lipinski definition) is 1. The molecule has 2 aliphatic heterocycles. The molecule has 2 aliphatic rings. The molecule has 4 atom stereocenters. The topological polar surface area (TPSA) is 57.2 Å². The summed E-state index contributed by atoms with van der Waals surface area (Å²) in [5, 5.41) is 13.1. The van der Waals surface area contributed by atoms with Crippen LogP contribution in [-0.2, 0) is 18.6 Å². The van der Waals surface area contributed by atoms with Crippen LogP contribution in [0.25, 0.3) is 0 Å². The quantitative estimate of drug-likeness (QED) is 0.742. The predicted octanol–water partition coefficient (Wildman–Crippen LogP) is 2.80. The van der Waals surface area contributed by atoms with Crippen molar-refractivity contribution in [2.75, 3.05) is 6.61 Å². The molecule has 4 rings (SSSR count). The van der Waals surface area contributed by atoms with E-state index in [0.717, 1.165) is 0 Å². The van der Waals surface area contributed by atoms with Crippen molar-refractivity contribution < 1.29 is 23.7 Å². The summed E-state index contributed by atoms with van der Waals surface area (Å²) in [5.74, 6) is -0.750. The molecule has 6 heteroatoms. The first-order valence-corrected chi connectivity index (χ1v) is 12.5. The lowest BCUT2D eigenvalue weighted by Gasteiger charge is -2.43. The monoisotopic (exact) mass is 428 g/mol. The van der Waals surface area contributed by atoms with E-state index < -0.39 is 38.7 Å². The van der Waals surface area contributed by atoms with Gasteiger partial charge in [0.05, 0.1) is 6.61 Å². The van der Waals surface area contributed by atoms with Crippen molar-refractivity contribution in [2.45, 2.75) is 70.0 Å². The van der Waals surface area contributed by atoms with Gasteiger partial charge >= 0.3 is 0 Å². The maximum atomic E-state index is 10.8. The molecule has 0 unspecified atom stereocenters. The molecule has 2 fully saturated rings. The van der Waals surface area contributed by atoms with Crippen molar-refractivity contribution in [3.8, 4) is 0 Å². The highest BCUT2D eigenvalue weighted by Crippen LogP contribution is 2.40. The van der Waals surface area contributed by atoms with E-state index in [1.165, 1.54) is 10.4 Å². The molecule has 2 aromatic rings. The second kappa shape index (κ2) is 7.86. The third kappa shape index (κ3) is 3.77. The van der Waals surface area contributed by atoms with E-state index in [0.29, 0.717) is 0 Å². The molecule has 2 saturated heterocycles. The number of rotatable bonds is 5. The minimum absolute atomic E-state index is 0.135. The van der Waals surface area contributed by atoms with Gasteiger partial charge in [-0.05, 0) is 29.3 Å². The van der Waals surface area contributed by atoms with Crippen LogP contribution < -0.4 is 10.4 Å². The van der Waals surface area contributed by atoms with Crippen molar-refractivity contribution in [3.05, 3.63) is 60.7 Å². The van der Waals surface area contributed by atoms with Gasteiger partial charge in [0.2, 0.25) is 0 Å². The Morgan fingerprint density at radius 2 is 1.47 bits per heavy atom. The van der Waals surface area contributed by atoms with Crippen molar-refractivity contribution in [1.82, 2.24) is 0 Å². The van der Waals surface area contributed by atoms with Crippen molar-refractivity contribution in [2.24, 2.45) is 0 Å². The molecule has 30 heavy (non-hydrogen) atoms. The van der Waals surface area contributed by atoms with Gasteiger partial charge in [0.1, 0.15) is 18.3 Å². The van der Waals surface area contributed by atoms with Crippen LogP contribution in [0, 0.1) is 0 Å². The first-order valence-electron chi connectivity index (χ1n) is 10.6. The minimum atomic E-state index is -2.68. The van der Waals surface area contributed by atoms with E-state index in [1.54, 1.807) is 0 Å². The van der Waals surface area contributed by atoms with Gasteiger partial charge in [0.15, 0.2) is 12.1 Å². The summed E-state index contributed by atoms with van der Waals surface area (Å²) in [6, 6.07) is 20.9. The molecule has 2 heterocycles. The number of benzene rings is 2. The van der Waals surface area contributed by atoms with Crippen LogP contribution in [0.5, 0.6) is 0 Å². The summed E-state index contributed by atoms with van der Waals surface area (Å²) < 4.78 is 24.5. The number of ether oxygens (including phenoxy) is 3. The van der Waals surface area contributed by atoms with Crippen LogP contribution in [0.4, 0.5) is 0 Å². The Labute approximate surface area is 180 Å². The second-order valence-electron chi connectivity index (χ2n) is 9.61. The molecule has 0 spiro atoms. The lowest BCUT2D eigenvalue weighted by molar-refractivity contribution is -0.217. The third-order valence-corrected chi connectivity index (χ3v) is 11.0. The highest BCUT2D eigenvalue weighted by atomic mass is 28.4. The second-order valence-corrected chi connectivity index (χ2v) is 13.9. The Morgan fingerprint density at radius 3 is 1.93 bits per heavy atom. The van der Waals surface area contributed by atoms with Crippen LogP contribution >= 0.6 is 0 Å². The molecule has 5 nitrogen and oxygen atoms in total. The fourth-order valence-corrected chi connectivity index (χ4v) is 9.23. The van der Waals surface area contributed by atoms with Crippen molar-refractivity contribution in [1.29, 1.82) is 0 Å². The van der Waals surface area contributed by atoms with Gasteiger partial charge in [-0.3, -0.25) is 0 Å². The largest absolute Gasteiger partial charge is 0.405 e. The van der Waals surface area contributed by atoms with E-state index in [4.69, 9.17) is 18.6 Å². The summed E-state index contributed by atoms with van der Waals surface area (Å²) in [6.07, 6.45) is -2.36. The Morgan fingerprint density at radius 1 is 0.933 bits per heavy atom. The van der Waals surface area contributed by atoms with E-state index in [9.17, 15) is 5.11 Å². The lowest BCUT2D eigenvalue weighted by Crippen LogP contribution is -2.67. The van der Waals surface area contributed by atoms with Crippen LogP contribution in [0.2, 0.25) is 5.04 Å². The van der Waals surface area contributed by atoms with Crippen molar-refractivity contribution >= 4 is 18.7 Å². The molecule has 0 amide bonds. The van der Waals surface area contributed by atoms with Gasteiger partial charge < -0.3 is 23.7 Å². The zero-order valence-corrected chi connectivity index (χ0v) is 19.4. The summed E-state index contributed by atoms with van der Waals surface area (Å²) in [5.41, 5.74) is 0. The molecule has 1 N–H and O–H groups in total. The van der Waals surface area contributed by atoms with Crippen LogP contribution in [0.15, 0.2) is 60.7 Å². The third-order valence-electron chi connectivity index (χ3n) is 6.00. The fourth-order valence-electron chi connectivity index (χ4n) is 4.66. The van der Waals surface area contributed by atoms with Crippen LogP contribution in [0.1, 0.15) is 34.6 Å². The number of aliphatic hydroxyl groups excluding tert-OH is 1. The zero-order valence-electron chi connectivity index (χ0n) is 18.4. The molecule has 0 bridgehead atoms. The van der Waals surface area contributed by atoms with Gasteiger partial charge in [-0.15, -0.1) is 0 Å². The molecule has 0 saturated carbocycles. The van der Waals surface area contributed by atoms with Gasteiger partial charge in [0.25, 0.3) is 8.32 Å². The molecular formula is C24H32O5Si. The standard InChI is InChI=1S/C24H32O5Si/c1-23(2,3)30(17-12-8-6-9-13-17,18-14-10-7-11-15-18)26-16-19-20(25)21-22(27-19)29-24(4,5)28-21/h6-15,19-22,25H,16H2,1-5H3/t19-,20-,21+,22-/m1/s1. The van der Waals surface area contributed by atoms with E-state index in [1.807, 2.05) is 26.0 Å². The zero-order chi connectivity index (χ0) is 21.6. The SMILES string of the molecule is CC1(C)O[C@H]2O[C@H](CO[Si](c3ccccc3)(c3ccccc3)C(C)(C)C)[C@@H](O)[C@@H]2O1. The van der Waals surface area contributed by atoms with E-state index >= 15 is 0 Å². The smallest absolute Gasteiger partial charge is 0.261 e. The summed E-state index contributed by atoms with van der Waals surface area (Å²) in [7, 11) is -2.68. The average molecular weight is 429 g/mol. The Bertz CT molecular complexity index is 809. The normalized spacial score (nSPS) is 28.5. The number of fused-ring (bicyclic) bond motifs is 1. The summed E-state index contributed by atoms with van der Waals surface area (Å²) in [6.45, 7) is 10.6. The van der Waals surface area contributed by atoms with Crippen LogP contribution in [0.3, 0.4) is 0 Å². The van der Waals surface area contributed by atoms with Crippen molar-refractivity contribution in [3.63, 3.8) is 0 Å². The number of hydrogen-bond acceptors (Lipinski definition) is 5. The highest BCUT2D eigenvalue weighted by molar-refractivity contribution is 6.99. The minimum Gasteiger partial charge on any atom is -0.405 e. The molecule has 0 aromatic heterocycles. The fraction of sp³-hybridized carbons (Fsp3) is 0.500. The van der Waals surface area contributed by atoms with Gasteiger partial charge in [-0.1, -0.05) is 81.4 Å². The van der Waals surface area contributed by atoms with Gasteiger partial charge in [-0.25, -0.2) is 0 Å². The highest BCUT2D eigenvalue weighted by Gasteiger charge is 2.56. The Kier molecular flexibility index (Phi) is 5.68. The summed E-state index contributed by atoms with van der Waals surface area (Å²) >= 11 is 0. The molecule has 2 aromatic carbocycles.